The minimum absolute atomic E-state index is 0.108. The highest BCUT2D eigenvalue weighted by Crippen LogP contribution is 1.98. The number of nitrogens with zero attached hydrogens (tertiary/aromatic N) is 1. The molecule has 0 N–H and O–H groups in total. The van der Waals surface area contributed by atoms with E-state index in [4.69, 9.17) is 0 Å². The Morgan fingerprint density at radius 1 is 1.50 bits per heavy atom. The summed E-state index contributed by atoms with van der Waals surface area (Å²) in [7, 11) is 0. The summed E-state index contributed by atoms with van der Waals surface area (Å²) in [6.45, 7) is 0.108. The Labute approximate surface area is 69.9 Å². The average Bonchev–Trinajstić information content (AvgIpc) is 2.05. The van der Waals surface area contributed by atoms with Crippen LogP contribution < -0.4 is 0 Å². The highest BCUT2D eigenvalue weighted by atomic mass is 16.9. The van der Waals surface area contributed by atoms with Crippen LogP contribution in [0.3, 0.4) is 0 Å². The average molecular weight is 166 g/mol. The molecule has 12 heavy (non-hydrogen) atoms. The number of hydrogen-bond donors (Lipinski definition) is 0. The third kappa shape index (κ3) is 3.01. The molecular formula is C8H8NO3. The lowest BCUT2D eigenvalue weighted by molar-refractivity contribution is -0.757. The first-order valence-corrected chi connectivity index (χ1v) is 3.51. The smallest absolute Gasteiger partial charge is 0.294 e. The number of benzene rings is 1. The quantitative estimate of drug-likeness (QED) is 0.499. The van der Waals surface area contributed by atoms with Gasteiger partial charge in [0.05, 0.1) is 0 Å². The summed E-state index contributed by atoms with van der Waals surface area (Å²) in [5.41, 5.74) is 1.01. The van der Waals surface area contributed by atoms with Crippen LogP contribution in [0.4, 0.5) is 0 Å². The van der Waals surface area contributed by atoms with Gasteiger partial charge < -0.3 is 4.84 Å². The van der Waals surface area contributed by atoms with Crippen LogP contribution >= 0.6 is 0 Å². The molecule has 0 amide bonds. The first-order chi connectivity index (χ1) is 5.79. The van der Waals surface area contributed by atoms with Crippen LogP contribution in [0.25, 0.3) is 0 Å². The van der Waals surface area contributed by atoms with Crippen molar-refractivity contribution in [1.82, 2.24) is 0 Å². The maximum Gasteiger partial charge on any atom is 0.294 e. The van der Waals surface area contributed by atoms with Gasteiger partial charge in [-0.05, 0) is 18.1 Å². The molecule has 0 unspecified atom stereocenters. The van der Waals surface area contributed by atoms with Crippen molar-refractivity contribution in [3.8, 4) is 0 Å². The van der Waals surface area contributed by atoms with Crippen LogP contribution in [-0.4, -0.2) is 11.7 Å². The van der Waals surface area contributed by atoms with Crippen molar-refractivity contribution >= 4 is 0 Å². The largest absolute Gasteiger partial charge is 0.314 e. The molecule has 0 saturated carbocycles. The van der Waals surface area contributed by atoms with E-state index in [0.29, 0.717) is 6.42 Å². The first-order valence-electron chi connectivity index (χ1n) is 3.51. The van der Waals surface area contributed by atoms with Crippen molar-refractivity contribution in [3.63, 3.8) is 0 Å². The van der Waals surface area contributed by atoms with E-state index in [2.05, 4.69) is 10.9 Å². The molecule has 1 aromatic rings. The molecule has 0 aliphatic heterocycles. The van der Waals surface area contributed by atoms with Gasteiger partial charge in [-0.25, -0.2) is 0 Å². The zero-order valence-electron chi connectivity index (χ0n) is 6.40. The second-order valence-electron chi connectivity index (χ2n) is 2.22. The Kier molecular flexibility index (Phi) is 3.07. The standard InChI is InChI=1S/C8H8NO3/c10-9(11)12-7-6-8-4-2-1-3-5-8/h2-5H,6-7H2. The van der Waals surface area contributed by atoms with E-state index in [-0.39, 0.29) is 6.61 Å². The molecule has 0 aliphatic rings. The van der Waals surface area contributed by atoms with Crippen molar-refractivity contribution in [2.45, 2.75) is 6.42 Å². The van der Waals surface area contributed by atoms with Gasteiger partial charge in [-0.2, -0.15) is 0 Å². The van der Waals surface area contributed by atoms with Gasteiger partial charge in [0.1, 0.15) is 6.61 Å². The third-order valence-electron chi connectivity index (χ3n) is 1.37. The molecule has 1 aromatic carbocycles. The van der Waals surface area contributed by atoms with E-state index in [1.54, 1.807) is 12.1 Å². The maximum absolute atomic E-state index is 9.77. The SMILES string of the molecule is O=[N+]([O-])OCCc1cc[c]cc1. The second-order valence-corrected chi connectivity index (χ2v) is 2.22. The summed E-state index contributed by atoms with van der Waals surface area (Å²) in [6.07, 6.45) is 0.551. The van der Waals surface area contributed by atoms with Crippen LogP contribution in [0, 0.1) is 16.2 Å². The van der Waals surface area contributed by atoms with Gasteiger partial charge in [-0.15, -0.1) is 10.1 Å². The van der Waals surface area contributed by atoms with Gasteiger partial charge in [0.2, 0.25) is 0 Å². The Morgan fingerprint density at radius 3 is 2.75 bits per heavy atom. The molecule has 0 aromatic heterocycles. The normalized spacial score (nSPS) is 9.33. The zero-order valence-corrected chi connectivity index (χ0v) is 6.40. The number of hydrogen-bond acceptors (Lipinski definition) is 3. The highest BCUT2D eigenvalue weighted by molar-refractivity contribution is 5.13. The van der Waals surface area contributed by atoms with Crippen LogP contribution in [0.15, 0.2) is 24.3 Å². The topological polar surface area (TPSA) is 52.4 Å². The summed E-state index contributed by atoms with van der Waals surface area (Å²) in [4.78, 5) is 13.9. The molecule has 0 spiro atoms. The van der Waals surface area contributed by atoms with Gasteiger partial charge in [0.25, 0.3) is 5.09 Å². The molecular weight excluding hydrogens is 158 g/mol. The molecule has 63 valence electrons. The van der Waals surface area contributed by atoms with E-state index in [1.165, 1.54) is 0 Å². The Hall–Kier alpha value is -1.58. The van der Waals surface area contributed by atoms with Gasteiger partial charge in [-0.1, -0.05) is 24.3 Å². The molecule has 4 heteroatoms. The minimum Gasteiger partial charge on any atom is -0.314 e. The van der Waals surface area contributed by atoms with E-state index < -0.39 is 5.09 Å². The fourth-order valence-corrected chi connectivity index (χ4v) is 0.826. The lowest BCUT2D eigenvalue weighted by Gasteiger charge is -1.98. The van der Waals surface area contributed by atoms with Crippen molar-refractivity contribution < 1.29 is 9.92 Å². The molecule has 0 bridgehead atoms. The molecule has 1 rings (SSSR count). The van der Waals surface area contributed by atoms with Gasteiger partial charge >= 0.3 is 0 Å². The second kappa shape index (κ2) is 4.33. The van der Waals surface area contributed by atoms with E-state index >= 15 is 0 Å². The summed E-state index contributed by atoms with van der Waals surface area (Å²) in [5, 5.41) is 8.98. The van der Waals surface area contributed by atoms with Crippen molar-refractivity contribution in [2.24, 2.45) is 0 Å². The summed E-state index contributed by atoms with van der Waals surface area (Å²) < 4.78 is 0. The maximum atomic E-state index is 9.77. The zero-order chi connectivity index (χ0) is 8.81. The van der Waals surface area contributed by atoms with Gasteiger partial charge in [0.15, 0.2) is 0 Å². The molecule has 0 heterocycles. The lowest BCUT2D eigenvalue weighted by atomic mass is 10.2. The van der Waals surface area contributed by atoms with E-state index in [1.807, 2.05) is 12.1 Å². The molecule has 0 saturated heterocycles. The first kappa shape index (κ1) is 8.52. The molecule has 0 atom stereocenters. The fraction of sp³-hybridized carbons (Fsp3) is 0.250. The van der Waals surface area contributed by atoms with Crippen LogP contribution in [0.2, 0.25) is 0 Å². The third-order valence-corrected chi connectivity index (χ3v) is 1.37. The Bertz CT molecular complexity index is 248. The Balaban J connectivity index is 2.29. The summed E-state index contributed by atoms with van der Waals surface area (Å²) in [6, 6.07) is 10.1. The van der Waals surface area contributed by atoms with Crippen molar-refractivity contribution in [3.05, 3.63) is 46.0 Å². The lowest BCUT2D eigenvalue weighted by Crippen LogP contribution is -2.04. The van der Waals surface area contributed by atoms with Crippen LogP contribution in [0.1, 0.15) is 5.56 Å². The molecule has 1 radical (unpaired) electrons. The van der Waals surface area contributed by atoms with Gasteiger partial charge in [-0.3, -0.25) is 0 Å². The van der Waals surface area contributed by atoms with Crippen molar-refractivity contribution in [1.29, 1.82) is 0 Å². The van der Waals surface area contributed by atoms with Crippen molar-refractivity contribution in [2.75, 3.05) is 6.61 Å². The van der Waals surface area contributed by atoms with E-state index in [9.17, 15) is 10.1 Å². The Morgan fingerprint density at radius 2 is 2.17 bits per heavy atom. The molecule has 0 aliphatic carbocycles. The fourth-order valence-electron chi connectivity index (χ4n) is 0.826. The summed E-state index contributed by atoms with van der Waals surface area (Å²) in [5.74, 6) is 0. The molecule has 4 nitrogen and oxygen atoms in total. The monoisotopic (exact) mass is 166 g/mol. The predicted molar refractivity (Wildman–Crippen MR) is 41.9 cm³/mol. The van der Waals surface area contributed by atoms with Crippen LogP contribution in [0.5, 0.6) is 0 Å². The molecule has 0 fully saturated rings. The summed E-state index contributed by atoms with van der Waals surface area (Å²) >= 11 is 0. The highest BCUT2D eigenvalue weighted by Gasteiger charge is 1.95. The predicted octanol–water partition coefficient (Wildman–Crippen LogP) is 1.24. The van der Waals surface area contributed by atoms with Crippen LogP contribution in [-0.2, 0) is 11.3 Å². The van der Waals surface area contributed by atoms with E-state index in [0.717, 1.165) is 5.56 Å². The number of rotatable bonds is 4. The van der Waals surface area contributed by atoms with Gasteiger partial charge in [0, 0.05) is 0 Å². The minimum atomic E-state index is -0.783.